The van der Waals surface area contributed by atoms with Gasteiger partial charge >= 0.3 is 11.9 Å². The van der Waals surface area contributed by atoms with Gasteiger partial charge in [-0.25, -0.2) is 14.8 Å². The zero-order valence-electron chi connectivity index (χ0n) is 32.7. The number of hydrogen-bond donors (Lipinski definition) is 4. The Balaban J connectivity index is 1.08. The number of benzene rings is 1. The van der Waals surface area contributed by atoms with E-state index >= 15 is 0 Å². The highest BCUT2D eigenvalue weighted by Crippen LogP contribution is 2.73. The maximum atomic E-state index is 12.8. The molecule has 1 aromatic carbocycles. The Morgan fingerprint density at radius 2 is 1.75 bits per heavy atom. The molecule has 4 fully saturated rings. The monoisotopic (exact) mass is 779 g/mol. The zero-order chi connectivity index (χ0) is 39.6. The van der Waals surface area contributed by atoms with E-state index in [1.807, 2.05) is 55.8 Å². The number of fused-ring (bicyclic) bond motifs is 1. The molecule has 0 radical (unpaired) electrons. The highest BCUT2D eigenvalue weighted by atomic mass is 32.1. The molecule has 15 heteroatoms. The van der Waals surface area contributed by atoms with Crippen LogP contribution in [0.4, 0.5) is 22.6 Å². The van der Waals surface area contributed by atoms with Crippen LogP contribution in [0.3, 0.4) is 0 Å². The number of ether oxygens (including phenoxy) is 1. The summed E-state index contributed by atoms with van der Waals surface area (Å²) in [5, 5.41) is 41.4. The maximum Gasteiger partial charge on any atom is 0.355 e. The maximum absolute atomic E-state index is 12.8. The van der Waals surface area contributed by atoms with Crippen LogP contribution in [-0.2, 0) is 16.1 Å². The Labute approximate surface area is 329 Å². The van der Waals surface area contributed by atoms with Crippen LogP contribution < -0.4 is 15.5 Å². The van der Waals surface area contributed by atoms with Crippen molar-refractivity contribution < 1.29 is 24.5 Å². The van der Waals surface area contributed by atoms with Crippen LogP contribution in [0.25, 0.3) is 21.3 Å². The summed E-state index contributed by atoms with van der Waals surface area (Å²) in [5.41, 5.74) is 2.83. The number of aromatic carboxylic acids is 1. The molecule has 3 atom stereocenters. The van der Waals surface area contributed by atoms with Gasteiger partial charge < -0.3 is 25.2 Å². The molecule has 56 heavy (non-hydrogen) atoms. The largest absolute Gasteiger partial charge is 0.481 e. The molecule has 3 unspecified atom stereocenters. The molecule has 14 nitrogen and oxygen atoms in total. The fourth-order valence-electron chi connectivity index (χ4n) is 10.9. The Morgan fingerprint density at radius 3 is 2.43 bits per heavy atom. The smallest absolute Gasteiger partial charge is 0.355 e. The van der Waals surface area contributed by atoms with Gasteiger partial charge in [-0.05, 0) is 99.6 Å². The second-order valence-electron chi connectivity index (χ2n) is 16.9. The van der Waals surface area contributed by atoms with E-state index in [-0.39, 0.29) is 34.3 Å². The fourth-order valence-corrected chi connectivity index (χ4v) is 11.8. The van der Waals surface area contributed by atoms with Gasteiger partial charge in [0.1, 0.15) is 11.5 Å². The number of pyridine rings is 1. The lowest BCUT2D eigenvalue weighted by molar-refractivity contribution is -0.306. The molecule has 4 bridgehead atoms. The minimum Gasteiger partial charge on any atom is -0.481 e. The van der Waals surface area contributed by atoms with E-state index in [1.54, 1.807) is 30.3 Å². The van der Waals surface area contributed by atoms with Crippen molar-refractivity contribution in [3.8, 4) is 11.1 Å². The molecule has 4 aliphatic rings. The summed E-state index contributed by atoms with van der Waals surface area (Å²) < 4.78 is 9.87. The summed E-state index contributed by atoms with van der Waals surface area (Å²) >= 11 is 1.53. The third-order valence-corrected chi connectivity index (χ3v) is 13.4. The number of nitrogens with one attached hydrogen (secondary N) is 2. The molecule has 0 amide bonds. The number of aliphatic carboxylic acids is 1. The molecule has 9 rings (SSSR count). The second-order valence-corrected chi connectivity index (χ2v) is 17.9. The lowest BCUT2D eigenvalue weighted by atomic mass is 9.37. The molecule has 0 aliphatic heterocycles. The van der Waals surface area contributed by atoms with Gasteiger partial charge in [0.05, 0.1) is 29.4 Å². The topological polar surface area (TPSA) is 181 Å². The minimum atomic E-state index is -1.15. The number of carboxylic acids is 2. The molecule has 4 saturated carbocycles. The van der Waals surface area contributed by atoms with Crippen LogP contribution in [0.1, 0.15) is 81.0 Å². The number of carboxylic acid groups (broad SMARTS) is 2. The van der Waals surface area contributed by atoms with Crippen molar-refractivity contribution in [3.63, 3.8) is 0 Å². The number of nitrogens with zero attached hydrogens (tertiary/aromatic N) is 7. The first-order chi connectivity index (χ1) is 26.7. The van der Waals surface area contributed by atoms with E-state index in [0.717, 1.165) is 53.6 Å². The van der Waals surface area contributed by atoms with Gasteiger partial charge in [0.2, 0.25) is 0 Å². The van der Waals surface area contributed by atoms with Crippen molar-refractivity contribution in [3.05, 3.63) is 65.6 Å². The van der Waals surface area contributed by atoms with Crippen LogP contribution in [-0.4, -0.2) is 78.0 Å². The van der Waals surface area contributed by atoms with Crippen LogP contribution >= 0.6 is 11.3 Å². The second kappa shape index (κ2) is 13.9. The third-order valence-electron chi connectivity index (χ3n) is 12.4. The van der Waals surface area contributed by atoms with Crippen molar-refractivity contribution in [2.45, 2.75) is 85.4 Å². The predicted molar refractivity (Wildman–Crippen MR) is 215 cm³/mol. The summed E-state index contributed by atoms with van der Waals surface area (Å²) in [6, 6.07) is 13.4. The number of carbonyl (C=O) groups is 2. The third kappa shape index (κ3) is 6.48. The van der Waals surface area contributed by atoms with E-state index in [4.69, 9.17) is 9.84 Å². The minimum absolute atomic E-state index is 0.00694. The molecular formula is C41H49N9O5S. The van der Waals surface area contributed by atoms with Crippen LogP contribution in [0.2, 0.25) is 0 Å². The van der Waals surface area contributed by atoms with E-state index in [1.165, 1.54) is 11.3 Å². The summed E-state index contributed by atoms with van der Waals surface area (Å²) in [4.78, 5) is 35.4. The lowest BCUT2D eigenvalue weighted by Crippen LogP contribution is -2.76. The number of hydrogen-bond acceptors (Lipinski definition) is 12. The molecule has 4 heterocycles. The summed E-state index contributed by atoms with van der Waals surface area (Å²) in [6.07, 6.45) is 6.79. The van der Waals surface area contributed by atoms with Gasteiger partial charge in [-0.3, -0.25) is 14.8 Å². The predicted octanol–water partition coefficient (Wildman–Crippen LogP) is 7.57. The molecule has 4 aliphatic carbocycles. The van der Waals surface area contributed by atoms with Crippen LogP contribution in [0.5, 0.6) is 0 Å². The Hall–Kier alpha value is -4.99. The number of para-hydroxylation sites is 1. The summed E-state index contributed by atoms with van der Waals surface area (Å²) in [6.45, 7) is 12.1. The van der Waals surface area contributed by atoms with Crippen LogP contribution in [0, 0.1) is 36.0 Å². The molecule has 5 aromatic rings. The molecular weight excluding hydrogens is 731 g/mol. The van der Waals surface area contributed by atoms with Crippen molar-refractivity contribution in [1.82, 2.24) is 35.3 Å². The Bertz CT molecular complexity index is 2290. The molecule has 294 valence electrons. The summed E-state index contributed by atoms with van der Waals surface area (Å²) in [5.74, 6) is -0.283. The highest BCUT2D eigenvalue weighted by Gasteiger charge is 2.72. The Morgan fingerprint density at radius 1 is 1.00 bits per heavy atom. The molecule has 4 N–H and O–H groups in total. The first kappa shape index (κ1) is 37.9. The normalized spacial score (nSPS) is 26.5. The fraction of sp³-hybridized carbons (Fsp3) is 0.488. The first-order valence-corrected chi connectivity index (χ1v) is 20.1. The van der Waals surface area contributed by atoms with Gasteiger partial charge in [-0.2, -0.15) is 5.10 Å². The number of anilines is 4. The Kier molecular flexibility index (Phi) is 9.40. The quantitative estimate of drug-likeness (QED) is 0.0811. The molecule has 0 spiro atoms. The van der Waals surface area contributed by atoms with Crippen molar-refractivity contribution in [2.24, 2.45) is 22.2 Å². The number of aryl methyl sites for hydroxylation is 1. The number of aromatic nitrogens is 6. The van der Waals surface area contributed by atoms with Crippen molar-refractivity contribution in [1.29, 1.82) is 0 Å². The van der Waals surface area contributed by atoms with E-state index in [2.05, 4.69) is 44.6 Å². The zero-order valence-corrected chi connectivity index (χ0v) is 33.5. The van der Waals surface area contributed by atoms with Gasteiger partial charge in [-0.1, -0.05) is 37.3 Å². The van der Waals surface area contributed by atoms with Crippen molar-refractivity contribution >= 4 is 56.1 Å². The molecule has 0 saturated heterocycles. The summed E-state index contributed by atoms with van der Waals surface area (Å²) in [7, 11) is 1.78. The van der Waals surface area contributed by atoms with Gasteiger partial charge in [0.15, 0.2) is 22.5 Å². The number of rotatable bonds is 14. The van der Waals surface area contributed by atoms with E-state index in [0.29, 0.717) is 53.4 Å². The van der Waals surface area contributed by atoms with Gasteiger partial charge in [-0.15, -0.1) is 10.2 Å². The highest BCUT2D eigenvalue weighted by molar-refractivity contribution is 7.22. The van der Waals surface area contributed by atoms with E-state index in [9.17, 15) is 19.8 Å². The molecule has 4 aromatic heterocycles. The average Bonchev–Trinajstić information content (AvgIpc) is 3.71. The number of thiazole rings is 1. The van der Waals surface area contributed by atoms with Crippen LogP contribution in [0.15, 0.2) is 48.7 Å². The van der Waals surface area contributed by atoms with Crippen molar-refractivity contribution in [2.75, 3.05) is 30.4 Å². The SMILES string of the molecule is CCOC1(NCCC(=O)O)C2CC3(C)CC(C)(C2)CC1(Cn1ncc(-c2ccc(N(C)c4cc(C)c(Nc5nc6ccccc6s5)nn4)nc2C(=O)O)c1C)C3. The van der Waals surface area contributed by atoms with E-state index < -0.39 is 17.7 Å². The lowest BCUT2D eigenvalue weighted by Gasteiger charge is -2.72. The average molecular weight is 780 g/mol. The van der Waals surface area contributed by atoms with Gasteiger partial charge in [0, 0.05) is 48.4 Å². The standard InChI is InChI=1S/C41H49N9O5S/c1-7-55-41(42-15-14-33(51)52)26-17-38(4)20-39(5,18-26)22-40(41,21-38)23-50-25(3)28(19-43-50)27-12-13-31(45-34(27)36(53)54)49(6)32-16-24(2)35(48-47-32)46-37-44-29-10-8-9-11-30(29)56-37/h8-13,16,19,26,42H,7,14-15,17-18,20-23H2,1-6H3,(H,51,52)(H,53,54)(H,44,46,48). The first-order valence-electron chi connectivity index (χ1n) is 19.2. The van der Waals surface area contributed by atoms with Gasteiger partial charge in [0.25, 0.3) is 0 Å².